The number of anilines is 1. The molecule has 5 heteroatoms. The van der Waals surface area contributed by atoms with Gasteiger partial charge in [-0.1, -0.05) is 24.3 Å². The van der Waals surface area contributed by atoms with Gasteiger partial charge >= 0.3 is 5.97 Å². The third kappa shape index (κ3) is 3.63. The molecule has 0 saturated carbocycles. The first-order valence-electron chi connectivity index (χ1n) is 7.76. The van der Waals surface area contributed by atoms with Gasteiger partial charge in [-0.15, -0.1) is 11.3 Å². The number of aromatic carboxylic acids is 1. The summed E-state index contributed by atoms with van der Waals surface area (Å²) in [6, 6.07) is 17.6. The third-order valence-corrected chi connectivity index (χ3v) is 4.88. The van der Waals surface area contributed by atoms with E-state index in [4.69, 9.17) is 5.11 Å². The van der Waals surface area contributed by atoms with Crippen molar-refractivity contribution < 1.29 is 9.90 Å². The van der Waals surface area contributed by atoms with Gasteiger partial charge in [0.25, 0.3) is 0 Å². The Morgan fingerprint density at radius 3 is 2.71 bits per heavy atom. The van der Waals surface area contributed by atoms with E-state index in [1.807, 2.05) is 36.4 Å². The van der Waals surface area contributed by atoms with Crippen molar-refractivity contribution in [2.45, 2.75) is 13.5 Å². The van der Waals surface area contributed by atoms with Crippen LogP contribution in [-0.2, 0) is 6.54 Å². The van der Waals surface area contributed by atoms with Crippen LogP contribution in [0.2, 0.25) is 0 Å². The van der Waals surface area contributed by atoms with Crippen LogP contribution in [0.25, 0.3) is 10.4 Å². The molecule has 0 radical (unpaired) electrons. The first kappa shape index (κ1) is 16.2. The Bertz CT molecular complexity index is 830. The second-order valence-electron chi connectivity index (χ2n) is 5.37. The van der Waals surface area contributed by atoms with E-state index >= 15 is 0 Å². The summed E-state index contributed by atoms with van der Waals surface area (Å²) in [4.78, 5) is 19.0. The summed E-state index contributed by atoms with van der Waals surface area (Å²) >= 11 is 1.30. The quantitative estimate of drug-likeness (QED) is 0.717. The lowest BCUT2D eigenvalue weighted by Crippen LogP contribution is -2.22. The maximum atomic E-state index is 11.1. The molecule has 0 aliphatic carbocycles. The second-order valence-corrected chi connectivity index (χ2v) is 6.46. The molecule has 0 unspecified atom stereocenters. The zero-order valence-corrected chi connectivity index (χ0v) is 14.2. The van der Waals surface area contributed by atoms with Gasteiger partial charge in [-0.05, 0) is 48.4 Å². The average Bonchev–Trinajstić information content (AvgIpc) is 3.11. The van der Waals surface area contributed by atoms with Gasteiger partial charge in [0.05, 0.1) is 0 Å². The van der Waals surface area contributed by atoms with Crippen LogP contribution < -0.4 is 4.90 Å². The number of benzene rings is 1. The van der Waals surface area contributed by atoms with Crippen LogP contribution in [0.15, 0.2) is 60.8 Å². The molecule has 0 spiro atoms. The van der Waals surface area contributed by atoms with Crippen molar-refractivity contribution in [2.75, 3.05) is 11.4 Å². The number of pyridine rings is 1. The summed E-state index contributed by atoms with van der Waals surface area (Å²) in [5.41, 5.74) is 2.22. The summed E-state index contributed by atoms with van der Waals surface area (Å²) in [5, 5.41) is 9.07. The minimum absolute atomic E-state index is 0.360. The summed E-state index contributed by atoms with van der Waals surface area (Å²) in [6.07, 6.45) is 1.80. The lowest BCUT2D eigenvalue weighted by molar-refractivity contribution is 0.0702. The third-order valence-electron chi connectivity index (χ3n) is 3.76. The molecule has 0 saturated heterocycles. The fraction of sp³-hybridized carbons (Fsp3) is 0.158. The SMILES string of the molecule is CCN(Cc1cccc(-c2ccc(C(=O)O)s2)c1)c1ccccn1. The van der Waals surface area contributed by atoms with Gasteiger partial charge in [-0.25, -0.2) is 9.78 Å². The highest BCUT2D eigenvalue weighted by atomic mass is 32.1. The largest absolute Gasteiger partial charge is 0.477 e. The fourth-order valence-electron chi connectivity index (χ4n) is 2.55. The van der Waals surface area contributed by atoms with E-state index in [-0.39, 0.29) is 0 Å². The number of carbonyl (C=O) groups is 1. The Morgan fingerprint density at radius 2 is 2.04 bits per heavy atom. The fourth-order valence-corrected chi connectivity index (χ4v) is 3.39. The van der Waals surface area contributed by atoms with E-state index in [2.05, 4.69) is 28.9 Å². The molecule has 122 valence electrons. The molecule has 4 nitrogen and oxygen atoms in total. The maximum absolute atomic E-state index is 11.1. The molecular weight excluding hydrogens is 320 g/mol. The van der Waals surface area contributed by atoms with E-state index in [0.717, 1.165) is 29.3 Å². The van der Waals surface area contributed by atoms with Crippen LogP contribution in [0.5, 0.6) is 0 Å². The predicted molar refractivity (Wildman–Crippen MR) is 97.7 cm³/mol. The van der Waals surface area contributed by atoms with E-state index in [1.54, 1.807) is 12.3 Å². The molecule has 0 aliphatic heterocycles. The summed E-state index contributed by atoms with van der Waals surface area (Å²) in [7, 11) is 0. The van der Waals surface area contributed by atoms with Crippen molar-refractivity contribution >= 4 is 23.1 Å². The van der Waals surface area contributed by atoms with Gasteiger partial charge in [0.1, 0.15) is 10.7 Å². The first-order chi connectivity index (χ1) is 11.7. The molecule has 0 aliphatic rings. The van der Waals surface area contributed by atoms with Crippen LogP contribution in [0.4, 0.5) is 5.82 Å². The van der Waals surface area contributed by atoms with E-state index in [1.165, 1.54) is 16.9 Å². The Labute approximate surface area is 145 Å². The van der Waals surface area contributed by atoms with E-state index < -0.39 is 5.97 Å². The molecule has 3 aromatic rings. The first-order valence-corrected chi connectivity index (χ1v) is 8.57. The van der Waals surface area contributed by atoms with Gasteiger partial charge in [0.2, 0.25) is 0 Å². The van der Waals surface area contributed by atoms with E-state index in [9.17, 15) is 4.79 Å². The van der Waals surface area contributed by atoms with Crippen molar-refractivity contribution in [3.8, 4) is 10.4 Å². The van der Waals surface area contributed by atoms with Gasteiger partial charge in [0, 0.05) is 24.2 Å². The summed E-state index contributed by atoms with van der Waals surface area (Å²) in [5.74, 6) is 0.0735. The van der Waals surface area contributed by atoms with Gasteiger partial charge in [-0.3, -0.25) is 0 Å². The zero-order chi connectivity index (χ0) is 16.9. The topological polar surface area (TPSA) is 53.4 Å². The number of rotatable bonds is 6. The van der Waals surface area contributed by atoms with Crippen molar-refractivity contribution in [3.63, 3.8) is 0 Å². The van der Waals surface area contributed by atoms with Gasteiger partial charge < -0.3 is 10.0 Å². The zero-order valence-electron chi connectivity index (χ0n) is 13.3. The number of aromatic nitrogens is 1. The minimum atomic E-state index is -0.880. The molecule has 2 heterocycles. The number of carboxylic acids is 1. The predicted octanol–water partition coefficient (Wildman–Crippen LogP) is 4.53. The maximum Gasteiger partial charge on any atom is 0.345 e. The Morgan fingerprint density at radius 1 is 1.17 bits per heavy atom. The van der Waals surface area contributed by atoms with Crippen molar-refractivity contribution in [2.24, 2.45) is 0 Å². The van der Waals surface area contributed by atoms with Crippen LogP contribution in [0.1, 0.15) is 22.2 Å². The highest BCUT2D eigenvalue weighted by molar-refractivity contribution is 7.17. The lowest BCUT2D eigenvalue weighted by atomic mass is 10.1. The van der Waals surface area contributed by atoms with E-state index in [0.29, 0.717) is 4.88 Å². The highest BCUT2D eigenvalue weighted by Gasteiger charge is 2.10. The number of carboxylic acid groups (broad SMARTS) is 1. The standard InChI is InChI=1S/C19H18N2O2S/c1-2-21(18-8-3-4-11-20-18)13-14-6-5-7-15(12-14)16-9-10-17(24-16)19(22)23/h3-12H,2,13H2,1H3,(H,22,23). The molecule has 0 amide bonds. The molecule has 1 aromatic carbocycles. The highest BCUT2D eigenvalue weighted by Crippen LogP contribution is 2.29. The molecule has 0 fully saturated rings. The molecule has 0 bridgehead atoms. The van der Waals surface area contributed by atoms with Crippen molar-refractivity contribution in [3.05, 3.63) is 71.2 Å². The molecular formula is C19H18N2O2S. The minimum Gasteiger partial charge on any atom is -0.477 e. The number of hydrogen-bond acceptors (Lipinski definition) is 4. The normalized spacial score (nSPS) is 10.5. The summed E-state index contributed by atoms with van der Waals surface area (Å²) in [6.45, 7) is 3.73. The number of hydrogen-bond donors (Lipinski definition) is 1. The van der Waals surface area contributed by atoms with Crippen LogP contribution in [-0.4, -0.2) is 22.6 Å². The van der Waals surface area contributed by atoms with Gasteiger partial charge in [0.15, 0.2) is 0 Å². The monoisotopic (exact) mass is 338 g/mol. The van der Waals surface area contributed by atoms with Crippen molar-refractivity contribution in [1.29, 1.82) is 0 Å². The number of thiophene rings is 1. The molecule has 3 rings (SSSR count). The Hall–Kier alpha value is -2.66. The number of nitrogens with zero attached hydrogens (tertiary/aromatic N) is 2. The van der Waals surface area contributed by atoms with Gasteiger partial charge in [-0.2, -0.15) is 0 Å². The Kier molecular flexibility index (Phi) is 4.91. The van der Waals surface area contributed by atoms with Crippen LogP contribution in [0, 0.1) is 0 Å². The van der Waals surface area contributed by atoms with Crippen LogP contribution >= 0.6 is 11.3 Å². The van der Waals surface area contributed by atoms with Crippen LogP contribution in [0.3, 0.4) is 0 Å². The Balaban J connectivity index is 1.83. The smallest absolute Gasteiger partial charge is 0.345 e. The second kappa shape index (κ2) is 7.27. The molecule has 0 atom stereocenters. The lowest BCUT2D eigenvalue weighted by Gasteiger charge is -2.22. The average molecular weight is 338 g/mol. The molecule has 1 N–H and O–H groups in total. The molecule has 2 aromatic heterocycles. The molecule has 24 heavy (non-hydrogen) atoms. The van der Waals surface area contributed by atoms with Crippen molar-refractivity contribution in [1.82, 2.24) is 4.98 Å². The summed E-state index contributed by atoms with van der Waals surface area (Å²) < 4.78 is 0.